The maximum absolute atomic E-state index is 10.2. The van der Waals surface area contributed by atoms with Crippen molar-refractivity contribution in [3.63, 3.8) is 0 Å². The average Bonchev–Trinajstić information content (AvgIpc) is 0.905. The predicted octanol–water partition coefficient (Wildman–Crippen LogP) is 17.1. The van der Waals surface area contributed by atoms with Crippen LogP contribution in [0.1, 0.15) is 142 Å². The minimum atomic E-state index is -2.82. The summed E-state index contributed by atoms with van der Waals surface area (Å²) in [5.41, 5.74) is 6.50. The van der Waals surface area contributed by atoms with Gasteiger partial charge in [-0.2, -0.15) is 18.2 Å². The summed E-state index contributed by atoms with van der Waals surface area (Å²) in [5.74, 6) is 1.51. The van der Waals surface area contributed by atoms with E-state index in [0.29, 0.717) is 67.2 Å². The maximum Gasteiger partial charge on any atom is 0.242 e. The second-order valence-corrected chi connectivity index (χ2v) is 24.3. The van der Waals surface area contributed by atoms with Crippen molar-refractivity contribution >= 4 is 32.8 Å². The van der Waals surface area contributed by atoms with Crippen LogP contribution in [0.15, 0.2) is 146 Å². The largest absolute Gasteiger partial charge is 0.510 e. The SMILES string of the molecule is [2H]c1c([2H])c2c(c([2H])c1-c1cccc(-c3c([2H])c([2H])c4c(c3[2H])C(C)(C)CCC4(C)C)c1-c1cccc3c1[n+](C([2H])([2H])[2H])[c-]n3-c1[c-]c(Oc3[c-]c4c(cc3)c3ccccc3n4-c3cc(C(C)(C)C)ccn3)ccc1)C(C)(C)CCC2(C)C.[Pt]. The summed E-state index contributed by atoms with van der Waals surface area (Å²) >= 11 is 0. The summed E-state index contributed by atoms with van der Waals surface area (Å²) in [6, 6.07) is 39.4. The molecule has 7 aromatic carbocycles. The minimum Gasteiger partial charge on any atom is -0.510 e. The zero-order valence-corrected chi connectivity index (χ0v) is 47.0. The van der Waals surface area contributed by atoms with Crippen molar-refractivity contribution in [3.8, 4) is 56.4 Å². The number of aromatic nitrogens is 4. The molecule has 0 aliphatic heterocycles. The number of ether oxygens (including phenoxy) is 1. The molecule has 0 unspecified atom stereocenters. The Labute approximate surface area is 471 Å². The molecule has 0 atom stereocenters. The molecule has 2 aliphatic carbocycles. The first-order valence-electron chi connectivity index (χ1n) is 30.5. The fourth-order valence-electron chi connectivity index (χ4n) is 11.6. The van der Waals surface area contributed by atoms with Gasteiger partial charge in [-0.3, -0.25) is 0 Å². The van der Waals surface area contributed by atoms with Crippen LogP contribution in [-0.4, -0.2) is 14.1 Å². The fraction of sp³-hybridized carbons (Fsp3) is 0.304. The molecular weight excluding hydrogens is 1100 g/mol. The molecule has 0 bridgehead atoms. The summed E-state index contributed by atoms with van der Waals surface area (Å²) in [7, 11) is 0. The van der Waals surface area contributed by atoms with Crippen molar-refractivity contribution in [1.29, 1.82) is 0 Å². The van der Waals surface area contributed by atoms with Crippen LogP contribution in [0.2, 0.25) is 0 Å². The standard InChI is InChI=1S/C69H68N4O.Pt/c1-65(2,3)46-32-37-70-62(40-46)73-59-24-14-13-20-52(59)53-29-28-49(42-61(53)73)74-48-19-15-18-47(41-48)72-43-71(12)64-54(23-17-25-60(64)72)63-50(44-26-30-55-57(38-44)68(8,9)35-33-66(55,4)5)21-16-22-51(63)45-27-31-56-58(39-45)69(10,11)36-34-67(56,6)7;/h13-32,37-40H,33-36H2,1-12H3;/q-2;/i12D3,26D,27D,30D,31D,38D,39D;. The van der Waals surface area contributed by atoms with Crippen molar-refractivity contribution < 1.29 is 42.7 Å². The molecule has 0 fully saturated rings. The monoisotopic (exact) mass is 1170 g/mol. The first kappa shape index (κ1) is 40.7. The van der Waals surface area contributed by atoms with Crippen LogP contribution in [0.5, 0.6) is 11.5 Å². The van der Waals surface area contributed by atoms with Gasteiger partial charge in [-0.1, -0.05) is 178 Å². The van der Waals surface area contributed by atoms with E-state index in [1.54, 1.807) is 53.1 Å². The van der Waals surface area contributed by atoms with E-state index in [4.69, 9.17) is 13.8 Å². The first-order chi connectivity index (χ1) is 38.9. The zero-order chi connectivity index (χ0) is 59.4. The Morgan fingerprint density at radius 1 is 0.613 bits per heavy atom. The molecule has 0 radical (unpaired) electrons. The van der Waals surface area contributed by atoms with Crippen molar-refractivity contribution in [1.82, 2.24) is 14.1 Å². The molecule has 0 N–H and O–H groups in total. The Kier molecular flexibility index (Phi) is 9.80. The maximum atomic E-state index is 10.2. The van der Waals surface area contributed by atoms with Gasteiger partial charge in [0.2, 0.25) is 6.33 Å². The normalized spacial score (nSPS) is 18.3. The minimum absolute atomic E-state index is 0. The summed E-state index contributed by atoms with van der Waals surface area (Å²) in [4.78, 5) is 4.84. The van der Waals surface area contributed by atoms with Gasteiger partial charge in [-0.25, -0.2) is 4.98 Å². The number of imidazole rings is 1. The molecule has 382 valence electrons. The molecule has 0 amide bonds. The summed E-state index contributed by atoms with van der Waals surface area (Å²) in [6.45, 7) is 20.4. The van der Waals surface area contributed by atoms with E-state index in [1.807, 2.05) is 42.6 Å². The van der Waals surface area contributed by atoms with Gasteiger partial charge in [0.25, 0.3) is 0 Å². The van der Waals surface area contributed by atoms with E-state index in [-0.39, 0.29) is 79.4 Å². The van der Waals surface area contributed by atoms with Crippen LogP contribution in [-0.2, 0) is 55.1 Å². The average molecular weight is 1170 g/mol. The van der Waals surface area contributed by atoms with Crippen LogP contribution >= 0.6 is 0 Å². The number of hydrogen-bond donors (Lipinski definition) is 0. The Balaban J connectivity index is 0.00000736. The molecule has 3 aromatic heterocycles. The number of aryl methyl sites for hydroxylation is 1. The first-order valence-corrected chi connectivity index (χ1v) is 26.0. The molecule has 75 heavy (non-hydrogen) atoms. The number of nitrogens with zero attached hydrogens (tertiary/aromatic N) is 4. The van der Waals surface area contributed by atoms with E-state index < -0.39 is 28.6 Å². The number of para-hydroxylation sites is 2. The molecule has 0 saturated heterocycles. The Morgan fingerprint density at radius 3 is 1.83 bits per heavy atom. The second-order valence-electron chi connectivity index (χ2n) is 24.3. The third-order valence-corrected chi connectivity index (χ3v) is 16.2. The molecule has 0 spiro atoms. The van der Waals surface area contributed by atoms with Gasteiger partial charge in [0.05, 0.1) is 30.3 Å². The zero-order valence-electron chi connectivity index (χ0n) is 53.7. The van der Waals surface area contributed by atoms with E-state index in [2.05, 4.69) is 117 Å². The van der Waals surface area contributed by atoms with Gasteiger partial charge in [-0.15, -0.1) is 29.7 Å². The quantitative estimate of drug-likeness (QED) is 0.118. The molecule has 5 nitrogen and oxygen atoms in total. The van der Waals surface area contributed by atoms with Gasteiger partial charge >= 0.3 is 0 Å². The summed E-state index contributed by atoms with van der Waals surface area (Å²) in [6.07, 6.45) is 8.10. The van der Waals surface area contributed by atoms with Crippen LogP contribution in [0.4, 0.5) is 0 Å². The van der Waals surface area contributed by atoms with Crippen molar-refractivity contribution in [2.75, 3.05) is 0 Å². The number of pyridine rings is 1. The molecule has 10 aromatic rings. The van der Waals surface area contributed by atoms with Crippen LogP contribution in [0.25, 0.3) is 77.7 Å². The van der Waals surface area contributed by atoms with Crippen LogP contribution in [0, 0.1) is 18.5 Å². The summed E-state index contributed by atoms with van der Waals surface area (Å²) < 4.78 is 98.8. The molecule has 6 heteroatoms. The fourth-order valence-corrected chi connectivity index (χ4v) is 11.6. The molecule has 3 heterocycles. The summed E-state index contributed by atoms with van der Waals surface area (Å²) in [5, 5.41) is 2.02. The molecular formula is C69H68N4OPt-2. The van der Waals surface area contributed by atoms with Crippen molar-refractivity contribution in [2.45, 2.75) is 129 Å². The van der Waals surface area contributed by atoms with Gasteiger partial charge < -0.3 is 18.4 Å². The van der Waals surface area contributed by atoms with Crippen LogP contribution in [0.3, 0.4) is 0 Å². The van der Waals surface area contributed by atoms with Gasteiger partial charge in [-0.05, 0) is 138 Å². The molecule has 12 rings (SSSR count). The molecule has 0 saturated carbocycles. The van der Waals surface area contributed by atoms with Crippen LogP contribution < -0.4 is 9.30 Å². The Hall–Kier alpha value is -6.55. The van der Waals surface area contributed by atoms with Gasteiger partial charge in [0.15, 0.2) is 0 Å². The number of benzene rings is 7. The predicted molar refractivity (Wildman–Crippen MR) is 305 cm³/mol. The Bertz CT molecular complexity index is 4250. The third kappa shape index (κ3) is 8.59. The van der Waals surface area contributed by atoms with Gasteiger partial charge in [0, 0.05) is 44.3 Å². The third-order valence-electron chi connectivity index (χ3n) is 16.2. The molecule has 2 aliphatic rings. The second kappa shape index (κ2) is 18.1. The van der Waals surface area contributed by atoms with Crippen molar-refractivity contribution in [2.24, 2.45) is 6.98 Å². The Morgan fingerprint density at radius 2 is 1.19 bits per heavy atom. The number of hydrogen-bond acceptors (Lipinski definition) is 2. The van der Waals surface area contributed by atoms with Gasteiger partial charge in [0.1, 0.15) is 5.82 Å². The van der Waals surface area contributed by atoms with E-state index >= 15 is 0 Å². The smallest absolute Gasteiger partial charge is 0.242 e. The van der Waals surface area contributed by atoms with E-state index in [0.717, 1.165) is 63.4 Å². The van der Waals surface area contributed by atoms with E-state index in [9.17, 15) is 8.22 Å². The van der Waals surface area contributed by atoms with Crippen molar-refractivity contribution in [3.05, 3.63) is 192 Å². The number of rotatable bonds is 7. The van der Waals surface area contributed by atoms with E-state index in [1.165, 1.54) is 0 Å². The topological polar surface area (TPSA) is 35.9 Å². The number of fused-ring (bicyclic) bond motifs is 6.